The summed E-state index contributed by atoms with van der Waals surface area (Å²) < 4.78 is 0. The van der Waals surface area contributed by atoms with Gasteiger partial charge in [-0.25, -0.2) is 0 Å². The quantitative estimate of drug-likeness (QED) is 0.833. The van der Waals surface area contributed by atoms with Crippen LogP contribution in [-0.2, 0) is 4.79 Å². The molecule has 1 N–H and O–H groups in total. The molecule has 1 aromatic rings. The Hall–Kier alpha value is -0.803. The Morgan fingerprint density at radius 2 is 1.94 bits per heavy atom. The van der Waals surface area contributed by atoms with E-state index in [1.807, 2.05) is 24.3 Å². The molecule has 1 atom stereocenters. The van der Waals surface area contributed by atoms with E-state index >= 15 is 0 Å². The van der Waals surface area contributed by atoms with E-state index in [0.717, 1.165) is 5.56 Å². The largest absolute Gasteiger partial charge is 0.481 e. The molecule has 0 heterocycles. The molecule has 0 radical (unpaired) electrons. The van der Waals surface area contributed by atoms with Crippen molar-refractivity contribution in [2.45, 2.75) is 31.6 Å². The first-order valence-electron chi connectivity index (χ1n) is 5.28. The van der Waals surface area contributed by atoms with E-state index in [4.69, 9.17) is 16.7 Å². The van der Waals surface area contributed by atoms with Crippen molar-refractivity contribution in [1.82, 2.24) is 0 Å². The maximum atomic E-state index is 10.9. The van der Waals surface area contributed by atoms with Crippen molar-refractivity contribution in [3.05, 3.63) is 34.9 Å². The SMILES string of the molecule is C[Si](C)(C)[C@H](CC(=O)O)c1ccccc1Cl. The summed E-state index contributed by atoms with van der Waals surface area (Å²) in [5, 5.41) is 9.66. The highest BCUT2D eigenvalue weighted by Crippen LogP contribution is 2.34. The van der Waals surface area contributed by atoms with Crippen molar-refractivity contribution in [3.63, 3.8) is 0 Å². The fourth-order valence-electron chi connectivity index (χ4n) is 1.81. The molecular weight excluding hydrogens is 240 g/mol. The van der Waals surface area contributed by atoms with Crippen LogP contribution in [0.15, 0.2) is 24.3 Å². The molecule has 0 bridgehead atoms. The van der Waals surface area contributed by atoms with Crippen LogP contribution in [0, 0.1) is 0 Å². The van der Waals surface area contributed by atoms with Crippen molar-refractivity contribution < 1.29 is 9.90 Å². The van der Waals surface area contributed by atoms with Gasteiger partial charge >= 0.3 is 5.97 Å². The molecule has 1 aromatic carbocycles. The van der Waals surface area contributed by atoms with Crippen LogP contribution in [0.5, 0.6) is 0 Å². The first-order valence-corrected chi connectivity index (χ1v) is 9.24. The molecule has 0 aliphatic heterocycles. The molecule has 0 aliphatic carbocycles. The molecule has 0 amide bonds. The molecule has 4 heteroatoms. The van der Waals surface area contributed by atoms with Gasteiger partial charge in [-0.2, -0.15) is 0 Å². The molecule has 0 saturated carbocycles. The zero-order valence-electron chi connectivity index (χ0n) is 9.83. The third kappa shape index (κ3) is 3.35. The van der Waals surface area contributed by atoms with Gasteiger partial charge in [0.2, 0.25) is 0 Å². The molecule has 88 valence electrons. The molecule has 16 heavy (non-hydrogen) atoms. The molecule has 2 nitrogen and oxygen atoms in total. The predicted molar refractivity (Wildman–Crippen MR) is 69.8 cm³/mol. The third-order valence-corrected chi connectivity index (χ3v) is 5.65. The summed E-state index contributed by atoms with van der Waals surface area (Å²) in [5.41, 5.74) is 1.05. The lowest BCUT2D eigenvalue weighted by atomic mass is 10.1. The summed E-state index contributed by atoms with van der Waals surface area (Å²) >= 11 is 6.14. The van der Waals surface area contributed by atoms with Gasteiger partial charge in [-0.05, 0) is 17.2 Å². The molecule has 0 aliphatic rings. The Labute approximate surface area is 102 Å². The summed E-state index contributed by atoms with van der Waals surface area (Å²) in [4.78, 5) is 10.9. The van der Waals surface area contributed by atoms with Gasteiger partial charge in [0.05, 0.1) is 8.07 Å². The van der Waals surface area contributed by atoms with E-state index < -0.39 is 14.0 Å². The Kier molecular flexibility index (Phi) is 4.16. The van der Waals surface area contributed by atoms with Crippen LogP contribution in [0.25, 0.3) is 0 Å². The van der Waals surface area contributed by atoms with Crippen LogP contribution in [0.3, 0.4) is 0 Å². The lowest BCUT2D eigenvalue weighted by Gasteiger charge is -2.28. The van der Waals surface area contributed by atoms with Gasteiger partial charge in [0, 0.05) is 11.4 Å². The first kappa shape index (κ1) is 13.3. The minimum atomic E-state index is -1.59. The number of carbonyl (C=O) groups is 1. The molecule has 0 spiro atoms. The van der Waals surface area contributed by atoms with Crippen LogP contribution in [0.4, 0.5) is 0 Å². The Bertz CT molecular complexity index is 385. The zero-order chi connectivity index (χ0) is 12.3. The van der Waals surface area contributed by atoms with Crippen LogP contribution in [-0.4, -0.2) is 19.1 Å². The monoisotopic (exact) mass is 256 g/mol. The van der Waals surface area contributed by atoms with E-state index in [1.54, 1.807) is 0 Å². The van der Waals surface area contributed by atoms with Gasteiger partial charge in [-0.1, -0.05) is 49.4 Å². The summed E-state index contributed by atoms with van der Waals surface area (Å²) in [6.07, 6.45) is 0.166. The van der Waals surface area contributed by atoms with Gasteiger partial charge < -0.3 is 5.11 Å². The molecule has 0 saturated heterocycles. The van der Waals surface area contributed by atoms with E-state index in [2.05, 4.69) is 19.6 Å². The summed E-state index contributed by atoms with van der Waals surface area (Å²) in [7, 11) is -1.59. The van der Waals surface area contributed by atoms with E-state index in [1.165, 1.54) is 0 Å². The van der Waals surface area contributed by atoms with Gasteiger partial charge in [0.25, 0.3) is 0 Å². The van der Waals surface area contributed by atoms with Crippen molar-refractivity contribution in [1.29, 1.82) is 0 Å². The number of aliphatic carboxylic acids is 1. The van der Waals surface area contributed by atoms with Gasteiger partial charge in [0.1, 0.15) is 0 Å². The van der Waals surface area contributed by atoms with Gasteiger partial charge in [-0.15, -0.1) is 0 Å². The summed E-state index contributed by atoms with van der Waals surface area (Å²) in [5.74, 6) is -0.757. The van der Waals surface area contributed by atoms with Crippen molar-refractivity contribution in [3.8, 4) is 0 Å². The standard InChI is InChI=1S/C12H17ClO2Si/c1-16(2,3)11(8-12(14)15)9-6-4-5-7-10(9)13/h4-7,11H,8H2,1-3H3,(H,14,15)/t11-/m1/s1. The molecule has 1 rings (SSSR count). The van der Waals surface area contributed by atoms with E-state index in [0.29, 0.717) is 5.02 Å². The van der Waals surface area contributed by atoms with Crippen molar-refractivity contribution >= 4 is 25.6 Å². The average Bonchev–Trinajstić information content (AvgIpc) is 2.13. The van der Waals surface area contributed by atoms with Crippen LogP contribution >= 0.6 is 11.6 Å². The lowest BCUT2D eigenvalue weighted by molar-refractivity contribution is -0.137. The Balaban J connectivity index is 3.12. The number of hydrogen-bond donors (Lipinski definition) is 1. The Morgan fingerprint density at radius 1 is 1.38 bits per heavy atom. The zero-order valence-corrected chi connectivity index (χ0v) is 11.6. The number of hydrogen-bond acceptors (Lipinski definition) is 1. The molecule has 0 unspecified atom stereocenters. The Morgan fingerprint density at radius 3 is 2.38 bits per heavy atom. The highest BCUT2D eigenvalue weighted by molar-refractivity contribution is 6.77. The second-order valence-electron chi connectivity index (χ2n) is 5.04. The maximum absolute atomic E-state index is 10.9. The van der Waals surface area contributed by atoms with Gasteiger partial charge in [-0.3, -0.25) is 4.79 Å². The second-order valence-corrected chi connectivity index (χ2v) is 10.9. The minimum absolute atomic E-state index is 0.0682. The number of carboxylic acids is 1. The fraction of sp³-hybridized carbons (Fsp3) is 0.417. The molecule has 0 fully saturated rings. The lowest BCUT2D eigenvalue weighted by Crippen LogP contribution is -2.32. The van der Waals surface area contributed by atoms with E-state index in [9.17, 15) is 4.79 Å². The summed E-state index contributed by atoms with van der Waals surface area (Å²) in [6, 6.07) is 7.55. The van der Waals surface area contributed by atoms with Crippen LogP contribution in [0.1, 0.15) is 17.5 Å². The number of rotatable bonds is 4. The number of halogens is 1. The first-order chi connectivity index (χ1) is 7.32. The molecule has 0 aromatic heterocycles. The smallest absolute Gasteiger partial charge is 0.303 e. The highest BCUT2D eigenvalue weighted by Gasteiger charge is 2.31. The van der Waals surface area contributed by atoms with Crippen LogP contribution in [0.2, 0.25) is 24.7 Å². The van der Waals surface area contributed by atoms with Crippen LogP contribution < -0.4 is 0 Å². The van der Waals surface area contributed by atoms with Gasteiger partial charge in [0.15, 0.2) is 0 Å². The number of benzene rings is 1. The predicted octanol–water partition coefficient (Wildman–Crippen LogP) is 3.78. The summed E-state index contributed by atoms with van der Waals surface area (Å²) in [6.45, 7) is 6.51. The maximum Gasteiger partial charge on any atom is 0.303 e. The highest BCUT2D eigenvalue weighted by atomic mass is 35.5. The third-order valence-electron chi connectivity index (χ3n) is 2.70. The fourth-order valence-corrected chi connectivity index (χ4v) is 4.15. The normalized spacial score (nSPS) is 13.5. The second kappa shape index (κ2) is 5.02. The number of carboxylic acid groups (broad SMARTS) is 1. The molecular formula is C12H17ClO2Si. The van der Waals surface area contributed by atoms with E-state index in [-0.39, 0.29) is 12.0 Å². The average molecular weight is 257 g/mol. The van der Waals surface area contributed by atoms with Crippen molar-refractivity contribution in [2.24, 2.45) is 0 Å². The minimum Gasteiger partial charge on any atom is -0.481 e. The van der Waals surface area contributed by atoms with Crippen molar-refractivity contribution in [2.75, 3.05) is 0 Å². The topological polar surface area (TPSA) is 37.3 Å².